The highest BCUT2D eigenvalue weighted by molar-refractivity contribution is 5.71. The van der Waals surface area contributed by atoms with E-state index in [-0.39, 0.29) is 31.1 Å². The minimum absolute atomic E-state index is 0.0660. The van der Waals surface area contributed by atoms with Crippen LogP contribution in [0.15, 0.2) is 12.2 Å². The molecule has 0 spiro atoms. The topological polar surface area (TPSA) is 78.9 Å². The van der Waals surface area contributed by atoms with Gasteiger partial charge in [-0.3, -0.25) is 14.4 Å². The number of hydrogen-bond acceptors (Lipinski definition) is 6. The molecule has 1 unspecified atom stereocenters. The fourth-order valence-electron chi connectivity index (χ4n) is 10.8. The molecule has 0 aliphatic carbocycles. The Bertz CT molecular complexity index is 1180. The Balaban J connectivity index is 4.13. The Labute approximate surface area is 475 Å². The zero-order chi connectivity index (χ0) is 55.0. The first kappa shape index (κ1) is 74.2. The third kappa shape index (κ3) is 63.0. The van der Waals surface area contributed by atoms with Crippen LogP contribution in [0.5, 0.6) is 0 Å². The Morgan fingerprint density at radius 2 is 0.447 bits per heavy atom. The van der Waals surface area contributed by atoms with Gasteiger partial charge in [-0.1, -0.05) is 354 Å². The maximum atomic E-state index is 12.9. The molecule has 0 aromatic carbocycles. The van der Waals surface area contributed by atoms with Gasteiger partial charge < -0.3 is 14.2 Å². The molecule has 450 valence electrons. The van der Waals surface area contributed by atoms with Gasteiger partial charge >= 0.3 is 17.9 Å². The van der Waals surface area contributed by atoms with Crippen molar-refractivity contribution in [1.29, 1.82) is 0 Å². The monoisotopic (exact) mass is 1070 g/mol. The maximum Gasteiger partial charge on any atom is 0.306 e. The van der Waals surface area contributed by atoms with Gasteiger partial charge in [-0.05, 0) is 38.5 Å². The minimum atomic E-state index is -0.769. The molecule has 0 aromatic heterocycles. The van der Waals surface area contributed by atoms with Gasteiger partial charge in [0.2, 0.25) is 0 Å². The summed E-state index contributed by atoms with van der Waals surface area (Å²) in [5, 5.41) is 0. The first-order valence-corrected chi connectivity index (χ1v) is 34.7. The van der Waals surface area contributed by atoms with Gasteiger partial charge in [0.05, 0.1) is 0 Å². The fraction of sp³-hybridized carbons (Fsp3) is 0.929. The number of unbranched alkanes of at least 4 members (excludes halogenated alkanes) is 52. The first-order valence-electron chi connectivity index (χ1n) is 34.7. The van der Waals surface area contributed by atoms with E-state index < -0.39 is 6.10 Å². The van der Waals surface area contributed by atoms with Gasteiger partial charge in [0, 0.05) is 19.3 Å². The standard InChI is InChI=1S/C70H134O6/c1-4-7-10-13-16-19-22-24-26-28-30-32-33-34-35-36-37-38-40-41-43-45-48-51-54-57-60-63-69(72)75-66-67(65-74-68(71)62-59-56-53-50-47-21-18-15-12-9-6-3)76-70(73)64-61-58-55-52-49-46-44-42-39-31-29-27-25-23-20-17-14-11-8-5-2/h15,18,67H,4-14,16-17,19-66H2,1-3H3/b18-15-. The molecule has 1 atom stereocenters. The summed E-state index contributed by atoms with van der Waals surface area (Å²) in [5.41, 5.74) is 0. The van der Waals surface area contributed by atoms with Crippen LogP contribution in [-0.4, -0.2) is 37.2 Å². The average Bonchev–Trinajstić information content (AvgIpc) is 3.42. The Hall–Kier alpha value is -1.85. The van der Waals surface area contributed by atoms with Crippen LogP contribution in [0.2, 0.25) is 0 Å². The lowest BCUT2D eigenvalue weighted by molar-refractivity contribution is -0.167. The summed E-state index contributed by atoms with van der Waals surface area (Å²) in [6.07, 6.45) is 78.2. The predicted molar refractivity (Wildman–Crippen MR) is 330 cm³/mol. The van der Waals surface area contributed by atoms with E-state index in [1.54, 1.807) is 0 Å². The van der Waals surface area contributed by atoms with Crippen LogP contribution in [0.4, 0.5) is 0 Å². The van der Waals surface area contributed by atoms with E-state index in [0.717, 1.165) is 64.2 Å². The van der Waals surface area contributed by atoms with Crippen molar-refractivity contribution in [1.82, 2.24) is 0 Å². The Kier molecular flexibility index (Phi) is 64.1. The molecule has 0 aromatic rings. The highest BCUT2D eigenvalue weighted by atomic mass is 16.6. The highest BCUT2D eigenvalue weighted by Gasteiger charge is 2.19. The van der Waals surface area contributed by atoms with Crippen molar-refractivity contribution in [2.24, 2.45) is 0 Å². The van der Waals surface area contributed by atoms with E-state index in [1.165, 1.54) is 295 Å². The molecule has 0 aliphatic rings. The summed E-state index contributed by atoms with van der Waals surface area (Å²) < 4.78 is 17.0. The molecule has 0 fully saturated rings. The van der Waals surface area contributed by atoms with Crippen molar-refractivity contribution in [3.05, 3.63) is 12.2 Å². The molecule has 0 heterocycles. The number of rotatable bonds is 65. The SMILES string of the molecule is CCCC/C=C\CCCCCCCC(=O)OCC(COC(=O)CCCCCCCCCCCCCCCCCCCCCCCCCCCCC)OC(=O)CCCCCCCCCCCCCCCCCCCCCC. The Morgan fingerprint density at radius 1 is 0.250 bits per heavy atom. The van der Waals surface area contributed by atoms with Gasteiger partial charge in [-0.25, -0.2) is 0 Å². The molecule has 0 saturated heterocycles. The summed E-state index contributed by atoms with van der Waals surface area (Å²) in [6.45, 7) is 6.68. The van der Waals surface area contributed by atoms with Gasteiger partial charge in [0.1, 0.15) is 13.2 Å². The predicted octanol–water partition coefficient (Wildman–Crippen LogP) is 23.6. The van der Waals surface area contributed by atoms with Crippen molar-refractivity contribution >= 4 is 17.9 Å². The van der Waals surface area contributed by atoms with Crippen molar-refractivity contribution in [3.63, 3.8) is 0 Å². The van der Waals surface area contributed by atoms with E-state index in [4.69, 9.17) is 14.2 Å². The van der Waals surface area contributed by atoms with Crippen LogP contribution in [-0.2, 0) is 28.6 Å². The van der Waals surface area contributed by atoms with Crippen LogP contribution in [0.25, 0.3) is 0 Å². The van der Waals surface area contributed by atoms with E-state index in [2.05, 4.69) is 32.9 Å². The molecule has 0 radical (unpaired) electrons. The lowest BCUT2D eigenvalue weighted by atomic mass is 10.0. The summed E-state index contributed by atoms with van der Waals surface area (Å²) in [4.78, 5) is 38.3. The summed E-state index contributed by atoms with van der Waals surface area (Å²) in [5.74, 6) is -0.844. The summed E-state index contributed by atoms with van der Waals surface area (Å²) in [6, 6.07) is 0. The van der Waals surface area contributed by atoms with E-state index in [9.17, 15) is 14.4 Å². The molecular weight excluding hydrogens is 937 g/mol. The lowest BCUT2D eigenvalue weighted by Gasteiger charge is -2.18. The first-order chi connectivity index (χ1) is 37.5. The van der Waals surface area contributed by atoms with E-state index in [1.807, 2.05) is 0 Å². The molecule has 0 saturated carbocycles. The third-order valence-corrected chi connectivity index (χ3v) is 16.0. The normalized spacial score (nSPS) is 12.0. The van der Waals surface area contributed by atoms with Crippen LogP contribution < -0.4 is 0 Å². The second-order valence-electron chi connectivity index (χ2n) is 23.8. The van der Waals surface area contributed by atoms with Crippen LogP contribution >= 0.6 is 0 Å². The largest absolute Gasteiger partial charge is 0.462 e. The lowest BCUT2D eigenvalue weighted by Crippen LogP contribution is -2.30. The molecule has 0 rings (SSSR count). The maximum absolute atomic E-state index is 12.9. The molecule has 0 bridgehead atoms. The van der Waals surface area contributed by atoms with E-state index >= 15 is 0 Å². The molecule has 6 nitrogen and oxygen atoms in total. The number of esters is 3. The molecular formula is C70H134O6. The fourth-order valence-corrected chi connectivity index (χ4v) is 10.8. The van der Waals surface area contributed by atoms with Crippen LogP contribution in [0.1, 0.15) is 400 Å². The molecule has 0 aliphatic heterocycles. The van der Waals surface area contributed by atoms with Crippen molar-refractivity contribution < 1.29 is 28.6 Å². The molecule has 0 amide bonds. The summed E-state index contributed by atoms with van der Waals surface area (Å²) in [7, 11) is 0. The van der Waals surface area contributed by atoms with Crippen molar-refractivity contribution in [3.8, 4) is 0 Å². The number of carbonyl (C=O) groups excluding carboxylic acids is 3. The number of allylic oxidation sites excluding steroid dienone is 2. The van der Waals surface area contributed by atoms with Crippen molar-refractivity contribution in [2.45, 2.75) is 406 Å². The zero-order valence-corrected chi connectivity index (χ0v) is 51.8. The second kappa shape index (κ2) is 65.7. The quantitative estimate of drug-likeness (QED) is 0.0261. The molecule has 0 N–H and O–H groups in total. The highest BCUT2D eigenvalue weighted by Crippen LogP contribution is 2.19. The number of ether oxygens (including phenoxy) is 3. The van der Waals surface area contributed by atoms with Gasteiger partial charge in [-0.2, -0.15) is 0 Å². The smallest absolute Gasteiger partial charge is 0.306 e. The van der Waals surface area contributed by atoms with Crippen LogP contribution in [0.3, 0.4) is 0 Å². The van der Waals surface area contributed by atoms with Crippen LogP contribution in [0, 0.1) is 0 Å². The third-order valence-electron chi connectivity index (χ3n) is 16.0. The Morgan fingerprint density at radius 3 is 0.697 bits per heavy atom. The van der Waals surface area contributed by atoms with E-state index in [0.29, 0.717) is 19.3 Å². The number of hydrogen-bond donors (Lipinski definition) is 0. The summed E-state index contributed by atoms with van der Waals surface area (Å²) >= 11 is 0. The zero-order valence-electron chi connectivity index (χ0n) is 51.8. The second-order valence-corrected chi connectivity index (χ2v) is 23.8. The molecule has 76 heavy (non-hydrogen) atoms. The van der Waals surface area contributed by atoms with Gasteiger partial charge in [0.15, 0.2) is 6.10 Å². The average molecular weight is 1070 g/mol. The van der Waals surface area contributed by atoms with Crippen molar-refractivity contribution in [2.75, 3.05) is 13.2 Å². The van der Waals surface area contributed by atoms with Gasteiger partial charge in [0.25, 0.3) is 0 Å². The minimum Gasteiger partial charge on any atom is -0.462 e. The number of carbonyl (C=O) groups is 3. The molecule has 6 heteroatoms. The van der Waals surface area contributed by atoms with Gasteiger partial charge in [-0.15, -0.1) is 0 Å².